The summed E-state index contributed by atoms with van der Waals surface area (Å²) >= 11 is 0. The van der Waals surface area contributed by atoms with Gasteiger partial charge in [-0.2, -0.15) is 5.10 Å². The van der Waals surface area contributed by atoms with E-state index in [0.29, 0.717) is 11.4 Å². The first-order valence-corrected chi connectivity index (χ1v) is 4.71. The van der Waals surface area contributed by atoms with Crippen LogP contribution in [-0.4, -0.2) is 26.0 Å². The fraction of sp³-hybridized carbons (Fsp3) is 0.0909. The van der Waals surface area contributed by atoms with Gasteiger partial charge in [0, 0.05) is 6.20 Å². The Morgan fingerprint density at radius 3 is 2.75 bits per heavy atom. The number of aromatic hydroxyl groups is 1. The quantitative estimate of drug-likeness (QED) is 0.811. The van der Waals surface area contributed by atoms with Crippen LogP contribution in [0.4, 0.5) is 0 Å². The Hall–Kier alpha value is -2.30. The third kappa shape index (κ3) is 1.88. The van der Waals surface area contributed by atoms with Gasteiger partial charge in [-0.1, -0.05) is 12.1 Å². The van der Waals surface area contributed by atoms with Gasteiger partial charge in [0.25, 0.3) is 0 Å². The largest absolute Gasteiger partial charge is 0.506 e. The van der Waals surface area contributed by atoms with Gasteiger partial charge in [0.1, 0.15) is 11.4 Å². The number of benzene rings is 1. The number of hydrogen-bond donors (Lipinski definition) is 2. The number of aliphatic carboxylic acids is 1. The van der Waals surface area contributed by atoms with E-state index in [1.165, 1.54) is 16.9 Å². The molecule has 2 aromatic rings. The average Bonchev–Trinajstić information content (AvgIpc) is 2.66. The highest BCUT2D eigenvalue weighted by Crippen LogP contribution is 2.21. The topological polar surface area (TPSA) is 75.3 Å². The van der Waals surface area contributed by atoms with Crippen LogP contribution in [0.5, 0.6) is 5.75 Å². The maximum Gasteiger partial charge on any atom is 0.309 e. The summed E-state index contributed by atoms with van der Waals surface area (Å²) in [5.41, 5.74) is 0.998. The standard InChI is InChI=1S/C11H10N2O3/c14-10-4-2-1-3-9(10)13-8(5-6-12-13)7-11(15)16/h1-6,14H,7H2,(H,15,16). The minimum Gasteiger partial charge on any atom is -0.506 e. The fourth-order valence-electron chi connectivity index (χ4n) is 1.48. The van der Waals surface area contributed by atoms with Crippen LogP contribution in [0.3, 0.4) is 0 Å². The smallest absolute Gasteiger partial charge is 0.309 e. The van der Waals surface area contributed by atoms with Gasteiger partial charge in [0.15, 0.2) is 0 Å². The number of carboxylic acids is 1. The predicted octanol–water partition coefficient (Wildman–Crippen LogP) is 1.20. The third-order valence-electron chi connectivity index (χ3n) is 2.16. The summed E-state index contributed by atoms with van der Waals surface area (Å²) in [6.45, 7) is 0. The highest BCUT2D eigenvalue weighted by atomic mass is 16.4. The molecule has 2 N–H and O–H groups in total. The third-order valence-corrected chi connectivity index (χ3v) is 2.16. The Morgan fingerprint density at radius 2 is 2.06 bits per heavy atom. The van der Waals surface area contributed by atoms with Crippen molar-refractivity contribution in [3.63, 3.8) is 0 Å². The van der Waals surface area contributed by atoms with Crippen molar-refractivity contribution in [1.82, 2.24) is 9.78 Å². The molecule has 0 bridgehead atoms. The molecule has 82 valence electrons. The van der Waals surface area contributed by atoms with Crippen molar-refractivity contribution in [2.45, 2.75) is 6.42 Å². The number of hydrogen-bond acceptors (Lipinski definition) is 3. The van der Waals surface area contributed by atoms with Crippen LogP contribution in [0.1, 0.15) is 5.69 Å². The molecule has 0 spiro atoms. The summed E-state index contributed by atoms with van der Waals surface area (Å²) in [6.07, 6.45) is 1.37. The minimum atomic E-state index is -0.933. The van der Waals surface area contributed by atoms with Crippen molar-refractivity contribution in [2.75, 3.05) is 0 Å². The van der Waals surface area contributed by atoms with Crippen LogP contribution in [0, 0.1) is 0 Å². The summed E-state index contributed by atoms with van der Waals surface area (Å²) in [7, 11) is 0. The Labute approximate surface area is 91.6 Å². The van der Waals surface area contributed by atoms with E-state index in [9.17, 15) is 9.90 Å². The number of aromatic nitrogens is 2. The molecular weight excluding hydrogens is 208 g/mol. The number of para-hydroxylation sites is 2. The second-order valence-corrected chi connectivity index (χ2v) is 3.29. The van der Waals surface area contributed by atoms with E-state index < -0.39 is 5.97 Å². The summed E-state index contributed by atoms with van der Waals surface area (Å²) in [5, 5.41) is 22.3. The number of carbonyl (C=O) groups is 1. The molecule has 16 heavy (non-hydrogen) atoms. The number of nitrogens with zero attached hydrogens (tertiary/aromatic N) is 2. The number of rotatable bonds is 3. The van der Waals surface area contributed by atoms with Crippen LogP contribution in [0.2, 0.25) is 0 Å². The zero-order chi connectivity index (χ0) is 11.5. The maximum atomic E-state index is 10.6. The molecule has 5 heteroatoms. The molecule has 1 aromatic heterocycles. The Bertz CT molecular complexity index is 519. The first-order valence-electron chi connectivity index (χ1n) is 4.71. The lowest BCUT2D eigenvalue weighted by molar-refractivity contribution is -0.136. The molecule has 0 fully saturated rings. The first kappa shape index (κ1) is 10.2. The molecule has 0 amide bonds. The monoisotopic (exact) mass is 218 g/mol. The van der Waals surface area contributed by atoms with Gasteiger partial charge in [-0.15, -0.1) is 0 Å². The molecule has 5 nitrogen and oxygen atoms in total. The highest BCUT2D eigenvalue weighted by molar-refractivity contribution is 5.70. The minimum absolute atomic E-state index is 0.0674. The Kier molecular flexibility index (Phi) is 2.59. The van der Waals surface area contributed by atoms with Gasteiger partial charge >= 0.3 is 5.97 Å². The number of phenols is 1. The number of carboxylic acid groups (broad SMARTS) is 1. The van der Waals surface area contributed by atoms with Gasteiger partial charge < -0.3 is 10.2 Å². The molecule has 0 radical (unpaired) electrons. The van der Waals surface area contributed by atoms with Crippen LogP contribution >= 0.6 is 0 Å². The lowest BCUT2D eigenvalue weighted by atomic mass is 10.2. The molecule has 1 aromatic carbocycles. The van der Waals surface area contributed by atoms with Gasteiger partial charge in [-0.3, -0.25) is 4.79 Å². The van der Waals surface area contributed by atoms with Crippen molar-refractivity contribution in [3.05, 3.63) is 42.2 Å². The normalized spacial score (nSPS) is 10.2. The molecule has 1 heterocycles. The summed E-state index contributed by atoms with van der Waals surface area (Å²) in [5.74, 6) is -0.866. The maximum absolute atomic E-state index is 10.6. The molecule has 0 saturated carbocycles. The molecule has 0 aliphatic rings. The van der Waals surface area contributed by atoms with Crippen molar-refractivity contribution < 1.29 is 15.0 Å². The van der Waals surface area contributed by atoms with Crippen molar-refractivity contribution in [3.8, 4) is 11.4 Å². The van der Waals surface area contributed by atoms with Gasteiger partial charge in [-0.05, 0) is 18.2 Å². The van der Waals surface area contributed by atoms with Gasteiger partial charge in [0.2, 0.25) is 0 Å². The SMILES string of the molecule is O=C(O)Cc1ccnn1-c1ccccc1O. The Balaban J connectivity index is 2.45. The van der Waals surface area contributed by atoms with Crippen LogP contribution in [0.25, 0.3) is 5.69 Å². The zero-order valence-corrected chi connectivity index (χ0v) is 8.37. The van der Waals surface area contributed by atoms with E-state index in [1.807, 2.05) is 0 Å². The first-order chi connectivity index (χ1) is 7.68. The van der Waals surface area contributed by atoms with E-state index in [-0.39, 0.29) is 12.2 Å². The van der Waals surface area contributed by atoms with Crippen LogP contribution in [-0.2, 0) is 11.2 Å². The van der Waals surface area contributed by atoms with Crippen molar-refractivity contribution in [1.29, 1.82) is 0 Å². The van der Waals surface area contributed by atoms with E-state index in [2.05, 4.69) is 5.10 Å². The molecule has 0 aliphatic heterocycles. The predicted molar refractivity (Wildman–Crippen MR) is 56.6 cm³/mol. The fourth-order valence-corrected chi connectivity index (χ4v) is 1.48. The van der Waals surface area contributed by atoms with E-state index in [1.54, 1.807) is 24.3 Å². The van der Waals surface area contributed by atoms with E-state index in [4.69, 9.17) is 5.11 Å². The molecule has 2 rings (SSSR count). The molecule has 0 aliphatic carbocycles. The lowest BCUT2D eigenvalue weighted by Crippen LogP contribution is -2.07. The van der Waals surface area contributed by atoms with Crippen LogP contribution in [0.15, 0.2) is 36.5 Å². The molecule has 0 atom stereocenters. The van der Waals surface area contributed by atoms with Gasteiger partial charge in [0.05, 0.1) is 12.1 Å². The summed E-state index contributed by atoms with van der Waals surface area (Å²) < 4.78 is 1.42. The lowest BCUT2D eigenvalue weighted by Gasteiger charge is -2.07. The second kappa shape index (κ2) is 4.06. The summed E-state index contributed by atoms with van der Waals surface area (Å²) in [6, 6.07) is 8.26. The van der Waals surface area contributed by atoms with E-state index in [0.717, 1.165) is 0 Å². The Morgan fingerprint density at radius 1 is 1.31 bits per heavy atom. The van der Waals surface area contributed by atoms with Crippen molar-refractivity contribution >= 4 is 5.97 Å². The highest BCUT2D eigenvalue weighted by Gasteiger charge is 2.10. The van der Waals surface area contributed by atoms with Gasteiger partial charge in [-0.25, -0.2) is 4.68 Å². The molecule has 0 unspecified atom stereocenters. The average molecular weight is 218 g/mol. The molecular formula is C11H10N2O3. The van der Waals surface area contributed by atoms with Crippen molar-refractivity contribution in [2.24, 2.45) is 0 Å². The zero-order valence-electron chi connectivity index (χ0n) is 8.37. The second-order valence-electron chi connectivity index (χ2n) is 3.29. The number of phenolic OH excluding ortho intramolecular Hbond substituents is 1. The van der Waals surface area contributed by atoms with Crippen LogP contribution < -0.4 is 0 Å². The summed E-state index contributed by atoms with van der Waals surface area (Å²) in [4.78, 5) is 10.6. The van der Waals surface area contributed by atoms with E-state index >= 15 is 0 Å². The molecule has 0 saturated heterocycles.